The van der Waals surface area contributed by atoms with Crippen LogP contribution in [0.5, 0.6) is 11.5 Å². The normalized spacial score (nSPS) is 10.1. The summed E-state index contributed by atoms with van der Waals surface area (Å²) in [5.74, 6) is 0.00282. The Balaban J connectivity index is 0.00000506. The van der Waals surface area contributed by atoms with Crippen LogP contribution in [-0.2, 0) is 16.1 Å². The Morgan fingerprint density at radius 3 is 2.33 bits per heavy atom. The molecule has 13 heteroatoms. The van der Waals surface area contributed by atoms with Gasteiger partial charge in [0.25, 0.3) is 11.8 Å². The predicted octanol–water partition coefficient (Wildman–Crippen LogP) is 4.17. The van der Waals surface area contributed by atoms with Gasteiger partial charge in [-0.1, -0.05) is 30.3 Å². The fourth-order valence-corrected chi connectivity index (χ4v) is 4.24. The molecule has 6 N–H and O–H groups in total. The number of rotatable bonds is 17. The number of hydrogen-bond acceptors (Lipinski definition) is 8. The van der Waals surface area contributed by atoms with Crippen LogP contribution in [0.1, 0.15) is 45.5 Å². The lowest BCUT2D eigenvalue weighted by Crippen LogP contribution is -2.31. The highest BCUT2D eigenvalue weighted by molar-refractivity contribution is 6.09. The molecule has 0 saturated heterocycles. The molecule has 3 aromatic carbocycles. The first kappa shape index (κ1) is 39.2. The topological polar surface area (TPSA) is 158 Å². The quantitative estimate of drug-likeness (QED) is 0.157. The molecule has 0 saturated carbocycles. The van der Waals surface area contributed by atoms with Gasteiger partial charge in [0, 0.05) is 37.0 Å². The first-order valence-electron chi connectivity index (χ1n) is 14.2. The standard InChI is InChI=1S/C32H41N5O6.2ClH/c1-37(27-12-5-3-10-24(27)22-42-18-8-7-17-35-30(38)21-34)32(40)23-14-15-26(29(20-23)41-2)36-31(39)25-11-4-6-13-28(25)43-19-9-16-33;;/h3-6,10-15,20H,7-9,16-19,21-22,33-34H2,1-2H3,(H,35,38)(H,36,39);2*1H. The molecule has 3 rings (SSSR count). The van der Waals surface area contributed by atoms with Gasteiger partial charge in [0.2, 0.25) is 5.91 Å². The number of unbranched alkanes of at least 4 members (excludes halogenated alkanes) is 1. The van der Waals surface area contributed by atoms with Gasteiger partial charge in [-0.2, -0.15) is 0 Å². The molecule has 11 nitrogen and oxygen atoms in total. The van der Waals surface area contributed by atoms with Crippen molar-refractivity contribution >= 4 is 53.9 Å². The van der Waals surface area contributed by atoms with Crippen LogP contribution in [0.15, 0.2) is 66.7 Å². The molecule has 0 spiro atoms. The average molecular weight is 665 g/mol. The summed E-state index contributed by atoms with van der Waals surface area (Å²) in [5.41, 5.74) is 13.6. The molecule has 0 radical (unpaired) electrons. The summed E-state index contributed by atoms with van der Waals surface area (Å²) in [5, 5.41) is 5.59. The number of ether oxygens (including phenoxy) is 3. The lowest BCUT2D eigenvalue weighted by atomic mass is 10.1. The Bertz CT molecular complexity index is 1380. The highest BCUT2D eigenvalue weighted by atomic mass is 35.5. The van der Waals surface area contributed by atoms with Crippen LogP contribution in [-0.4, -0.2) is 64.7 Å². The number of hydrogen-bond donors (Lipinski definition) is 4. The van der Waals surface area contributed by atoms with Crippen LogP contribution < -0.4 is 36.5 Å². The van der Waals surface area contributed by atoms with Crippen LogP contribution in [0.4, 0.5) is 11.4 Å². The summed E-state index contributed by atoms with van der Waals surface area (Å²) < 4.78 is 17.1. The molecule has 0 bridgehead atoms. The summed E-state index contributed by atoms with van der Waals surface area (Å²) in [6, 6.07) is 19.4. The number of anilines is 2. The minimum absolute atomic E-state index is 0. The SMILES string of the molecule is COc1cc(C(=O)N(C)c2ccccc2COCCCCNC(=O)CN)ccc1NC(=O)c1ccccc1OCCCN.Cl.Cl. The number of halogens is 2. The van der Waals surface area contributed by atoms with Crippen molar-refractivity contribution in [3.8, 4) is 11.5 Å². The Hall–Kier alpha value is -3.87. The molecule has 0 heterocycles. The van der Waals surface area contributed by atoms with Crippen molar-refractivity contribution in [2.24, 2.45) is 11.5 Å². The molecule has 0 aliphatic carbocycles. The molecule has 246 valence electrons. The van der Waals surface area contributed by atoms with E-state index in [2.05, 4.69) is 10.6 Å². The zero-order chi connectivity index (χ0) is 31.0. The lowest BCUT2D eigenvalue weighted by Gasteiger charge is -2.21. The van der Waals surface area contributed by atoms with Gasteiger partial charge in [-0.25, -0.2) is 0 Å². The van der Waals surface area contributed by atoms with E-state index >= 15 is 0 Å². The molecule has 0 unspecified atom stereocenters. The van der Waals surface area contributed by atoms with Gasteiger partial charge < -0.3 is 41.2 Å². The Morgan fingerprint density at radius 2 is 1.60 bits per heavy atom. The molecule has 0 aliphatic rings. The summed E-state index contributed by atoms with van der Waals surface area (Å²) in [6.07, 6.45) is 2.22. The number of methoxy groups -OCH3 is 1. The Morgan fingerprint density at radius 1 is 0.867 bits per heavy atom. The number of carbonyl (C=O) groups excluding carboxylic acids is 3. The third-order valence-electron chi connectivity index (χ3n) is 6.57. The number of amides is 3. The number of nitrogens with two attached hydrogens (primary N) is 2. The van der Waals surface area contributed by atoms with Crippen LogP contribution in [0.2, 0.25) is 0 Å². The molecule has 0 fully saturated rings. The van der Waals surface area contributed by atoms with E-state index in [4.69, 9.17) is 25.7 Å². The fourth-order valence-electron chi connectivity index (χ4n) is 4.24. The van der Waals surface area contributed by atoms with Crippen molar-refractivity contribution in [2.45, 2.75) is 25.9 Å². The van der Waals surface area contributed by atoms with E-state index in [9.17, 15) is 14.4 Å². The molecular weight excluding hydrogens is 621 g/mol. The maximum Gasteiger partial charge on any atom is 0.259 e. The minimum atomic E-state index is -0.368. The maximum absolute atomic E-state index is 13.5. The zero-order valence-electron chi connectivity index (χ0n) is 25.6. The second-order valence-electron chi connectivity index (χ2n) is 9.66. The van der Waals surface area contributed by atoms with Gasteiger partial charge in [0.15, 0.2) is 0 Å². The van der Waals surface area contributed by atoms with Crippen molar-refractivity contribution < 1.29 is 28.6 Å². The molecule has 3 aromatic rings. The van der Waals surface area contributed by atoms with Crippen molar-refractivity contribution in [1.29, 1.82) is 0 Å². The highest BCUT2D eigenvalue weighted by Gasteiger charge is 2.20. The minimum Gasteiger partial charge on any atom is -0.495 e. The fraction of sp³-hybridized carbons (Fsp3) is 0.344. The number of nitrogens with zero attached hydrogens (tertiary/aromatic N) is 1. The number of benzene rings is 3. The van der Waals surface area contributed by atoms with Gasteiger partial charge in [-0.05, 0) is 62.2 Å². The molecule has 45 heavy (non-hydrogen) atoms. The van der Waals surface area contributed by atoms with E-state index in [1.54, 1.807) is 54.4 Å². The van der Waals surface area contributed by atoms with Gasteiger partial charge in [0.1, 0.15) is 11.5 Å². The van der Waals surface area contributed by atoms with Gasteiger partial charge in [-0.3, -0.25) is 14.4 Å². The Labute approximate surface area is 276 Å². The van der Waals surface area contributed by atoms with E-state index < -0.39 is 0 Å². The largest absolute Gasteiger partial charge is 0.495 e. The average Bonchev–Trinajstić information content (AvgIpc) is 3.04. The zero-order valence-corrected chi connectivity index (χ0v) is 27.2. The van der Waals surface area contributed by atoms with Gasteiger partial charge in [-0.15, -0.1) is 24.8 Å². The number of para-hydroxylation sites is 2. The molecular formula is C32H43Cl2N5O6. The summed E-state index contributed by atoms with van der Waals surface area (Å²) in [7, 11) is 3.18. The molecule has 0 aromatic heterocycles. The van der Waals surface area contributed by atoms with Gasteiger partial charge in [0.05, 0.1) is 38.1 Å². The van der Waals surface area contributed by atoms with E-state index in [0.29, 0.717) is 73.3 Å². The summed E-state index contributed by atoms with van der Waals surface area (Å²) >= 11 is 0. The summed E-state index contributed by atoms with van der Waals surface area (Å²) in [6.45, 7) is 2.27. The van der Waals surface area contributed by atoms with Crippen molar-refractivity contribution in [2.75, 3.05) is 57.2 Å². The Kier molecular flexibility index (Phi) is 18.2. The van der Waals surface area contributed by atoms with E-state index in [-0.39, 0.29) is 49.1 Å². The third kappa shape index (κ3) is 11.9. The molecule has 0 aliphatic heterocycles. The number of carbonyl (C=O) groups is 3. The van der Waals surface area contributed by atoms with Crippen LogP contribution >= 0.6 is 24.8 Å². The van der Waals surface area contributed by atoms with Crippen LogP contribution in [0.25, 0.3) is 0 Å². The third-order valence-corrected chi connectivity index (χ3v) is 6.57. The second-order valence-corrected chi connectivity index (χ2v) is 9.66. The smallest absolute Gasteiger partial charge is 0.259 e. The highest BCUT2D eigenvalue weighted by Crippen LogP contribution is 2.29. The molecule has 3 amide bonds. The predicted molar refractivity (Wildman–Crippen MR) is 181 cm³/mol. The van der Waals surface area contributed by atoms with Crippen molar-refractivity contribution in [3.63, 3.8) is 0 Å². The van der Waals surface area contributed by atoms with Crippen LogP contribution in [0, 0.1) is 0 Å². The first-order chi connectivity index (χ1) is 20.9. The van der Waals surface area contributed by atoms with Crippen LogP contribution in [0.3, 0.4) is 0 Å². The first-order valence-corrected chi connectivity index (χ1v) is 14.2. The summed E-state index contributed by atoms with van der Waals surface area (Å²) in [4.78, 5) is 39.4. The van der Waals surface area contributed by atoms with Crippen molar-refractivity contribution in [1.82, 2.24) is 5.32 Å². The molecule has 0 atom stereocenters. The van der Waals surface area contributed by atoms with Crippen molar-refractivity contribution in [3.05, 3.63) is 83.4 Å². The maximum atomic E-state index is 13.5. The monoisotopic (exact) mass is 663 g/mol. The second kappa shape index (κ2) is 21.0. The van der Waals surface area contributed by atoms with Gasteiger partial charge >= 0.3 is 0 Å². The number of nitrogens with one attached hydrogen (secondary N) is 2. The van der Waals surface area contributed by atoms with E-state index in [1.165, 1.54) is 7.11 Å². The van der Waals surface area contributed by atoms with E-state index in [1.807, 2.05) is 24.3 Å². The van der Waals surface area contributed by atoms with E-state index in [0.717, 1.165) is 18.4 Å². The lowest BCUT2D eigenvalue weighted by molar-refractivity contribution is -0.119.